The molecule has 0 spiro atoms. The molecule has 0 saturated carbocycles. The summed E-state index contributed by atoms with van der Waals surface area (Å²) in [4.78, 5) is 28.7. The summed E-state index contributed by atoms with van der Waals surface area (Å²) in [6.45, 7) is 7.94. The summed E-state index contributed by atoms with van der Waals surface area (Å²) in [5.41, 5.74) is 1.50. The Labute approximate surface area is 112 Å². The SMILES string of the molecule is CC(C)C(=O)c1cc2c(cn1)C(C)(C)CN2C(=O)O. The standard InChI is InChI=1S/C14H18N2O3/c1-8(2)12(17)10-5-11-9(6-15-10)14(3,4)7-16(11)13(18)19/h5-6,8H,7H2,1-4H3,(H,18,19). The van der Waals surface area contributed by atoms with Crippen LogP contribution in [0.5, 0.6) is 0 Å². The average Bonchev–Trinajstić information content (AvgIpc) is 2.60. The number of rotatable bonds is 2. The lowest BCUT2D eigenvalue weighted by molar-refractivity contribution is 0.0934. The number of hydrogen-bond acceptors (Lipinski definition) is 3. The van der Waals surface area contributed by atoms with E-state index in [1.165, 1.54) is 4.90 Å². The average molecular weight is 262 g/mol. The number of fused-ring (bicyclic) bond motifs is 1. The summed E-state index contributed by atoms with van der Waals surface area (Å²) in [5.74, 6) is -0.226. The highest BCUT2D eigenvalue weighted by molar-refractivity contribution is 5.98. The summed E-state index contributed by atoms with van der Waals surface area (Å²) < 4.78 is 0. The highest BCUT2D eigenvalue weighted by Crippen LogP contribution is 2.40. The third-order valence-corrected chi connectivity index (χ3v) is 3.46. The second-order valence-corrected chi connectivity index (χ2v) is 5.86. The molecule has 1 amide bonds. The first-order valence-corrected chi connectivity index (χ1v) is 6.29. The van der Waals surface area contributed by atoms with E-state index in [0.717, 1.165) is 5.56 Å². The van der Waals surface area contributed by atoms with Gasteiger partial charge in [-0.15, -0.1) is 0 Å². The molecule has 1 N–H and O–H groups in total. The molecule has 0 bridgehead atoms. The smallest absolute Gasteiger partial charge is 0.411 e. The Morgan fingerprint density at radius 3 is 2.58 bits per heavy atom. The molecule has 2 heterocycles. The normalized spacial score (nSPS) is 16.6. The van der Waals surface area contributed by atoms with Crippen LogP contribution >= 0.6 is 0 Å². The van der Waals surface area contributed by atoms with E-state index in [1.54, 1.807) is 26.1 Å². The molecule has 0 fully saturated rings. The van der Waals surface area contributed by atoms with Gasteiger partial charge < -0.3 is 5.11 Å². The summed E-state index contributed by atoms with van der Waals surface area (Å²) in [6, 6.07) is 1.60. The van der Waals surface area contributed by atoms with Gasteiger partial charge in [0, 0.05) is 29.6 Å². The van der Waals surface area contributed by atoms with Gasteiger partial charge in [0.1, 0.15) is 5.69 Å². The lowest BCUT2D eigenvalue weighted by Gasteiger charge is -2.18. The lowest BCUT2D eigenvalue weighted by atomic mass is 9.88. The molecule has 2 rings (SSSR count). The number of aromatic nitrogens is 1. The largest absolute Gasteiger partial charge is 0.465 e. The van der Waals surface area contributed by atoms with Crippen molar-refractivity contribution in [2.45, 2.75) is 33.1 Å². The van der Waals surface area contributed by atoms with E-state index in [4.69, 9.17) is 0 Å². The van der Waals surface area contributed by atoms with Crippen LogP contribution in [0, 0.1) is 5.92 Å². The molecule has 1 aromatic heterocycles. The fraction of sp³-hybridized carbons (Fsp3) is 0.500. The minimum absolute atomic E-state index is 0.0714. The number of carbonyl (C=O) groups excluding carboxylic acids is 1. The lowest BCUT2D eigenvalue weighted by Crippen LogP contribution is -2.32. The summed E-state index contributed by atoms with van der Waals surface area (Å²) in [6.07, 6.45) is 0.634. The molecule has 0 radical (unpaired) electrons. The number of carbonyl (C=O) groups is 2. The fourth-order valence-corrected chi connectivity index (χ4v) is 2.36. The predicted octanol–water partition coefficient (Wildman–Crippen LogP) is 2.70. The van der Waals surface area contributed by atoms with Crippen LogP contribution in [-0.2, 0) is 5.41 Å². The Balaban J connectivity index is 2.52. The van der Waals surface area contributed by atoms with E-state index >= 15 is 0 Å². The molecular formula is C14H18N2O3. The minimum Gasteiger partial charge on any atom is -0.465 e. The van der Waals surface area contributed by atoms with Crippen molar-refractivity contribution in [2.75, 3.05) is 11.4 Å². The van der Waals surface area contributed by atoms with Gasteiger partial charge in [-0.2, -0.15) is 0 Å². The second-order valence-electron chi connectivity index (χ2n) is 5.86. The van der Waals surface area contributed by atoms with E-state index in [0.29, 0.717) is 17.9 Å². The monoisotopic (exact) mass is 262 g/mol. The van der Waals surface area contributed by atoms with Crippen molar-refractivity contribution in [1.82, 2.24) is 4.98 Å². The third kappa shape index (κ3) is 2.20. The Hall–Kier alpha value is -1.91. The first kappa shape index (κ1) is 13.5. The van der Waals surface area contributed by atoms with Crippen molar-refractivity contribution < 1.29 is 14.7 Å². The van der Waals surface area contributed by atoms with Crippen LogP contribution in [0.4, 0.5) is 10.5 Å². The molecule has 0 saturated heterocycles. The van der Waals surface area contributed by atoms with Crippen LogP contribution in [0.1, 0.15) is 43.7 Å². The number of carboxylic acid groups (broad SMARTS) is 1. The maximum absolute atomic E-state index is 12.0. The highest BCUT2D eigenvalue weighted by atomic mass is 16.4. The number of pyridine rings is 1. The van der Waals surface area contributed by atoms with Gasteiger partial charge in [-0.05, 0) is 6.07 Å². The van der Waals surface area contributed by atoms with E-state index in [9.17, 15) is 14.7 Å². The number of amides is 1. The molecule has 5 nitrogen and oxygen atoms in total. The van der Waals surface area contributed by atoms with Gasteiger partial charge in [0.25, 0.3) is 0 Å². The minimum atomic E-state index is -0.999. The first-order valence-electron chi connectivity index (χ1n) is 6.29. The van der Waals surface area contributed by atoms with Crippen LogP contribution < -0.4 is 4.90 Å². The van der Waals surface area contributed by atoms with Crippen LogP contribution in [0.15, 0.2) is 12.3 Å². The number of ketones is 1. The molecule has 19 heavy (non-hydrogen) atoms. The molecule has 0 aliphatic carbocycles. The summed E-state index contributed by atoms with van der Waals surface area (Å²) in [7, 11) is 0. The molecule has 0 unspecified atom stereocenters. The molecular weight excluding hydrogens is 244 g/mol. The number of Topliss-reactive ketones (excluding diaryl/α,β-unsaturated/α-hetero) is 1. The number of hydrogen-bond donors (Lipinski definition) is 1. The van der Waals surface area contributed by atoms with Gasteiger partial charge in [-0.1, -0.05) is 27.7 Å². The van der Waals surface area contributed by atoms with Crippen LogP contribution in [-0.4, -0.2) is 28.5 Å². The number of anilines is 1. The maximum atomic E-state index is 12.0. The third-order valence-electron chi connectivity index (χ3n) is 3.46. The van der Waals surface area contributed by atoms with E-state index < -0.39 is 6.09 Å². The Morgan fingerprint density at radius 2 is 2.05 bits per heavy atom. The van der Waals surface area contributed by atoms with Gasteiger partial charge in [-0.3, -0.25) is 14.7 Å². The van der Waals surface area contributed by atoms with Gasteiger partial charge in [0.15, 0.2) is 5.78 Å². The highest BCUT2D eigenvalue weighted by Gasteiger charge is 2.39. The quantitative estimate of drug-likeness (QED) is 0.832. The van der Waals surface area contributed by atoms with Crippen molar-refractivity contribution >= 4 is 17.6 Å². The molecule has 1 aromatic rings. The Morgan fingerprint density at radius 1 is 1.42 bits per heavy atom. The van der Waals surface area contributed by atoms with Gasteiger partial charge >= 0.3 is 6.09 Å². The molecule has 0 aromatic carbocycles. The van der Waals surface area contributed by atoms with Crippen molar-refractivity contribution in [3.8, 4) is 0 Å². The maximum Gasteiger partial charge on any atom is 0.411 e. The number of nitrogens with zero attached hydrogens (tertiary/aromatic N) is 2. The van der Waals surface area contributed by atoms with Gasteiger partial charge in [0.05, 0.1) is 5.69 Å². The Bertz CT molecular complexity index is 550. The van der Waals surface area contributed by atoms with E-state index in [1.807, 2.05) is 13.8 Å². The molecule has 102 valence electrons. The molecule has 1 aliphatic heterocycles. The van der Waals surface area contributed by atoms with Gasteiger partial charge in [0.2, 0.25) is 0 Å². The zero-order chi connectivity index (χ0) is 14.4. The summed E-state index contributed by atoms with van der Waals surface area (Å²) in [5, 5.41) is 9.25. The zero-order valence-electron chi connectivity index (χ0n) is 11.6. The van der Waals surface area contributed by atoms with Crippen LogP contribution in [0.25, 0.3) is 0 Å². The van der Waals surface area contributed by atoms with E-state index in [2.05, 4.69) is 4.98 Å². The summed E-state index contributed by atoms with van der Waals surface area (Å²) >= 11 is 0. The zero-order valence-corrected chi connectivity index (χ0v) is 11.6. The van der Waals surface area contributed by atoms with Crippen molar-refractivity contribution in [2.24, 2.45) is 5.92 Å². The second kappa shape index (κ2) is 4.33. The molecule has 5 heteroatoms. The van der Waals surface area contributed by atoms with E-state index in [-0.39, 0.29) is 17.1 Å². The van der Waals surface area contributed by atoms with Crippen molar-refractivity contribution in [3.63, 3.8) is 0 Å². The Kier molecular flexibility index (Phi) is 3.08. The first-order chi connectivity index (χ1) is 8.74. The topological polar surface area (TPSA) is 70.5 Å². The van der Waals surface area contributed by atoms with Crippen molar-refractivity contribution in [3.05, 3.63) is 23.5 Å². The molecule has 0 atom stereocenters. The van der Waals surface area contributed by atoms with Crippen LogP contribution in [0.3, 0.4) is 0 Å². The fourth-order valence-electron chi connectivity index (χ4n) is 2.36. The molecule has 1 aliphatic rings. The predicted molar refractivity (Wildman–Crippen MR) is 71.8 cm³/mol. The van der Waals surface area contributed by atoms with Crippen LogP contribution in [0.2, 0.25) is 0 Å². The van der Waals surface area contributed by atoms with Crippen molar-refractivity contribution in [1.29, 1.82) is 0 Å². The van der Waals surface area contributed by atoms with Gasteiger partial charge in [-0.25, -0.2) is 4.79 Å².